The standard InChI is InChI=1S/C22H13ClF7N3O5/c1-36-18-12(3-2-11(16(18)24)38-22(28,29)30)37-13-7-9(23)14(19(26)27)17(25)15(13)21(35)33-8-4-5-32-10(6-8)20(31)34/h2-7,19H,1H3,(H2,31,34)(H,32,33,35). The lowest BCUT2D eigenvalue weighted by atomic mass is 10.1. The first kappa shape index (κ1) is 28.3. The largest absolute Gasteiger partial charge is 0.573 e. The number of amides is 2. The van der Waals surface area contributed by atoms with Crippen LogP contribution in [0.5, 0.6) is 23.0 Å². The first-order valence-electron chi connectivity index (χ1n) is 9.90. The summed E-state index contributed by atoms with van der Waals surface area (Å²) in [4.78, 5) is 27.9. The molecule has 0 spiro atoms. The smallest absolute Gasteiger partial charge is 0.490 e. The molecule has 2 amide bonds. The molecule has 0 atom stereocenters. The Hall–Kier alpha value is -4.27. The van der Waals surface area contributed by atoms with Crippen LogP contribution in [0, 0.1) is 11.6 Å². The van der Waals surface area contributed by atoms with Gasteiger partial charge in [-0.1, -0.05) is 11.6 Å². The number of halogens is 8. The Labute approximate surface area is 213 Å². The molecule has 0 radical (unpaired) electrons. The Morgan fingerprint density at radius 1 is 1.05 bits per heavy atom. The minimum Gasteiger partial charge on any atom is -0.490 e. The number of pyridine rings is 1. The molecule has 0 fully saturated rings. The molecule has 0 aliphatic heterocycles. The van der Waals surface area contributed by atoms with Crippen molar-refractivity contribution in [3.8, 4) is 23.0 Å². The third-order valence-electron chi connectivity index (χ3n) is 4.61. The van der Waals surface area contributed by atoms with E-state index in [4.69, 9.17) is 26.8 Å². The maximum atomic E-state index is 15.2. The first-order valence-corrected chi connectivity index (χ1v) is 10.3. The highest BCUT2D eigenvalue weighted by Crippen LogP contribution is 2.43. The van der Waals surface area contributed by atoms with Gasteiger partial charge in [-0.15, -0.1) is 13.2 Å². The van der Waals surface area contributed by atoms with Crippen molar-refractivity contribution >= 4 is 29.1 Å². The van der Waals surface area contributed by atoms with Crippen LogP contribution in [-0.4, -0.2) is 30.3 Å². The second kappa shape index (κ2) is 11.0. The van der Waals surface area contributed by atoms with E-state index in [1.807, 2.05) is 0 Å². The molecule has 0 aliphatic carbocycles. The van der Waals surface area contributed by atoms with Gasteiger partial charge >= 0.3 is 6.36 Å². The molecule has 3 rings (SSSR count). The lowest BCUT2D eigenvalue weighted by Crippen LogP contribution is -2.19. The SMILES string of the molecule is COc1c(Oc2cc(Cl)c(C(F)F)c(F)c2C(=O)Nc2ccnc(C(N)=O)c2)ccc(OC(F)(F)F)c1F. The van der Waals surface area contributed by atoms with E-state index in [0.29, 0.717) is 12.1 Å². The molecule has 38 heavy (non-hydrogen) atoms. The summed E-state index contributed by atoms with van der Waals surface area (Å²) in [5, 5.41) is 1.25. The molecule has 3 N–H and O–H groups in total. The molecule has 0 saturated carbocycles. The molecule has 3 aromatic rings. The van der Waals surface area contributed by atoms with Gasteiger partial charge in [0.25, 0.3) is 18.2 Å². The van der Waals surface area contributed by atoms with Crippen molar-refractivity contribution in [3.05, 3.63) is 70.0 Å². The van der Waals surface area contributed by atoms with Crippen molar-refractivity contribution in [2.45, 2.75) is 12.8 Å². The summed E-state index contributed by atoms with van der Waals surface area (Å²) in [6.45, 7) is 0. The van der Waals surface area contributed by atoms with E-state index in [0.717, 1.165) is 31.5 Å². The third-order valence-corrected chi connectivity index (χ3v) is 4.92. The highest BCUT2D eigenvalue weighted by atomic mass is 35.5. The van der Waals surface area contributed by atoms with Crippen LogP contribution in [-0.2, 0) is 0 Å². The molecule has 0 aliphatic rings. The number of hydrogen-bond acceptors (Lipinski definition) is 6. The Kier molecular flexibility index (Phi) is 8.19. The van der Waals surface area contributed by atoms with Crippen LogP contribution in [0.15, 0.2) is 36.5 Å². The van der Waals surface area contributed by atoms with Gasteiger partial charge in [-0.25, -0.2) is 13.2 Å². The fourth-order valence-corrected chi connectivity index (χ4v) is 3.32. The first-order chi connectivity index (χ1) is 17.7. The molecule has 0 saturated heterocycles. The van der Waals surface area contributed by atoms with E-state index < -0.39 is 75.4 Å². The predicted octanol–water partition coefficient (Wildman–Crippen LogP) is 6.00. The molecule has 16 heteroatoms. The van der Waals surface area contributed by atoms with Gasteiger partial charge in [0.1, 0.15) is 22.8 Å². The van der Waals surface area contributed by atoms with E-state index in [1.54, 1.807) is 0 Å². The number of methoxy groups -OCH3 is 1. The lowest BCUT2D eigenvalue weighted by molar-refractivity contribution is -0.275. The summed E-state index contributed by atoms with van der Waals surface area (Å²) in [7, 11) is 0.851. The quantitative estimate of drug-likeness (QED) is 0.323. The number of alkyl halides is 5. The summed E-state index contributed by atoms with van der Waals surface area (Å²) in [5.74, 6) is -9.69. The van der Waals surface area contributed by atoms with Crippen molar-refractivity contribution in [2.24, 2.45) is 5.73 Å². The minimum absolute atomic E-state index is 0.157. The molecular formula is C22H13ClF7N3O5. The number of rotatable bonds is 8. The number of carbonyl (C=O) groups excluding carboxylic acids is 2. The van der Waals surface area contributed by atoms with Crippen molar-refractivity contribution in [2.75, 3.05) is 12.4 Å². The lowest BCUT2D eigenvalue weighted by Gasteiger charge is -2.18. The van der Waals surface area contributed by atoms with E-state index in [9.17, 15) is 35.9 Å². The van der Waals surface area contributed by atoms with Crippen molar-refractivity contribution in [1.29, 1.82) is 0 Å². The van der Waals surface area contributed by atoms with Gasteiger partial charge in [-0.3, -0.25) is 14.6 Å². The van der Waals surface area contributed by atoms with Gasteiger partial charge < -0.3 is 25.3 Å². The summed E-state index contributed by atoms with van der Waals surface area (Å²) in [5.41, 5.74) is 2.12. The maximum absolute atomic E-state index is 15.2. The number of primary amides is 1. The van der Waals surface area contributed by atoms with Gasteiger partial charge in [-0.05, 0) is 24.3 Å². The molecule has 202 valence electrons. The predicted molar refractivity (Wildman–Crippen MR) is 117 cm³/mol. The van der Waals surface area contributed by atoms with Crippen LogP contribution >= 0.6 is 11.6 Å². The monoisotopic (exact) mass is 567 g/mol. The third kappa shape index (κ3) is 6.16. The number of carbonyl (C=O) groups is 2. The number of nitrogens with one attached hydrogen (secondary N) is 1. The van der Waals surface area contributed by atoms with Crippen LogP contribution in [0.2, 0.25) is 5.02 Å². The number of aromatic nitrogens is 1. The molecule has 1 heterocycles. The van der Waals surface area contributed by atoms with Gasteiger partial charge in [0, 0.05) is 18.0 Å². The zero-order valence-electron chi connectivity index (χ0n) is 18.6. The average molecular weight is 568 g/mol. The van der Waals surface area contributed by atoms with Gasteiger partial charge in [-0.2, -0.15) is 4.39 Å². The van der Waals surface area contributed by atoms with E-state index in [-0.39, 0.29) is 11.4 Å². The molecule has 8 nitrogen and oxygen atoms in total. The van der Waals surface area contributed by atoms with Crippen LogP contribution in [0.25, 0.3) is 0 Å². The molecule has 0 bridgehead atoms. The van der Waals surface area contributed by atoms with Crippen molar-refractivity contribution in [1.82, 2.24) is 4.98 Å². The highest BCUT2D eigenvalue weighted by Gasteiger charge is 2.34. The Bertz CT molecular complexity index is 1400. The molecule has 0 unspecified atom stereocenters. The normalized spacial score (nSPS) is 11.3. The van der Waals surface area contributed by atoms with E-state index in [2.05, 4.69) is 15.0 Å². The van der Waals surface area contributed by atoms with Gasteiger partial charge in [0.15, 0.2) is 11.5 Å². The zero-order chi connectivity index (χ0) is 28.4. The summed E-state index contributed by atoms with van der Waals surface area (Å²) >= 11 is 5.75. The number of nitrogens with zero attached hydrogens (tertiary/aromatic N) is 1. The fraction of sp³-hybridized carbons (Fsp3) is 0.136. The fourth-order valence-electron chi connectivity index (χ4n) is 3.05. The molecule has 2 aromatic carbocycles. The molecule has 1 aromatic heterocycles. The average Bonchev–Trinajstić information content (AvgIpc) is 2.80. The summed E-state index contributed by atoms with van der Waals surface area (Å²) < 4.78 is 108. The highest BCUT2D eigenvalue weighted by molar-refractivity contribution is 6.31. The van der Waals surface area contributed by atoms with Crippen molar-refractivity contribution < 1.29 is 54.5 Å². The van der Waals surface area contributed by atoms with Crippen molar-refractivity contribution in [3.63, 3.8) is 0 Å². The number of benzene rings is 2. The second-order valence-corrected chi connectivity index (χ2v) is 7.47. The van der Waals surface area contributed by atoms with Gasteiger partial charge in [0.2, 0.25) is 11.6 Å². The summed E-state index contributed by atoms with van der Waals surface area (Å²) in [6, 6.07) is 3.98. The van der Waals surface area contributed by atoms with Crippen LogP contribution in [0.4, 0.5) is 36.4 Å². The van der Waals surface area contributed by atoms with E-state index in [1.165, 1.54) is 0 Å². The minimum atomic E-state index is -5.26. The van der Waals surface area contributed by atoms with Crippen LogP contribution in [0.3, 0.4) is 0 Å². The topological polar surface area (TPSA) is 113 Å². The summed E-state index contributed by atoms with van der Waals surface area (Å²) in [6.07, 6.45) is -7.69. The Morgan fingerprint density at radius 2 is 1.71 bits per heavy atom. The molecular weight excluding hydrogens is 555 g/mol. The number of anilines is 1. The van der Waals surface area contributed by atoms with Gasteiger partial charge in [0.05, 0.1) is 17.7 Å². The second-order valence-electron chi connectivity index (χ2n) is 7.07. The Balaban J connectivity index is 2.11. The zero-order valence-corrected chi connectivity index (χ0v) is 19.4. The van der Waals surface area contributed by atoms with E-state index >= 15 is 4.39 Å². The van der Waals surface area contributed by atoms with Crippen LogP contribution < -0.4 is 25.3 Å². The number of nitrogens with two attached hydrogens (primary N) is 1. The number of hydrogen-bond donors (Lipinski definition) is 2. The maximum Gasteiger partial charge on any atom is 0.573 e. The van der Waals surface area contributed by atoms with Crippen LogP contribution in [0.1, 0.15) is 32.8 Å². The Morgan fingerprint density at radius 3 is 2.29 bits per heavy atom. The number of ether oxygens (including phenoxy) is 3.